The molecule has 106 valence electrons. The first-order valence-corrected chi connectivity index (χ1v) is 7.21. The molecule has 0 aliphatic rings. The number of halogens is 1. The van der Waals surface area contributed by atoms with Crippen LogP contribution in [-0.4, -0.2) is 27.8 Å². The predicted molar refractivity (Wildman–Crippen MR) is 81.0 cm³/mol. The number of benzene rings is 1. The van der Waals surface area contributed by atoms with Crippen molar-refractivity contribution in [2.24, 2.45) is 5.92 Å². The van der Waals surface area contributed by atoms with Crippen molar-refractivity contribution in [2.75, 3.05) is 5.88 Å². The molecule has 0 bridgehead atoms. The molecule has 0 fully saturated rings. The molecule has 5 heteroatoms. The maximum absolute atomic E-state index is 12.2. The number of nitrogens with zero attached hydrogens (tertiary/aromatic N) is 2. The number of rotatable bonds is 5. The number of aromatic nitrogens is 2. The Bertz CT molecular complexity index is 600. The second kappa shape index (κ2) is 6.66. The van der Waals surface area contributed by atoms with Gasteiger partial charge in [-0.05, 0) is 30.5 Å². The molecule has 1 amide bonds. The van der Waals surface area contributed by atoms with Crippen molar-refractivity contribution >= 4 is 28.5 Å². The predicted octanol–water partition coefficient (Wildman–Crippen LogP) is 3.01. The molecule has 1 N–H and O–H groups in total. The number of nitrogens with one attached hydrogen (secondary N) is 1. The van der Waals surface area contributed by atoms with E-state index in [9.17, 15) is 4.79 Å². The van der Waals surface area contributed by atoms with Gasteiger partial charge in [-0.3, -0.25) is 14.8 Å². The average Bonchev–Trinajstić information content (AvgIpc) is 2.45. The minimum Gasteiger partial charge on any atom is -0.348 e. The highest BCUT2D eigenvalue weighted by atomic mass is 35.5. The molecular formula is C15H18ClN3O. The highest BCUT2D eigenvalue weighted by Crippen LogP contribution is 2.12. The van der Waals surface area contributed by atoms with Crippen LogP contribution in [0.4, 0.5) is 0 Å². The van der Waals surface area contributed by atoms with Crippen LogP contribution in [0.25, 0.3) is 11.0 Å². The second-order valence-corrected chi connectivity index (χ2v) is 5.52. The van der Waals surface area contributed by atoms with Crippen molar-refractivity contribution in [1.82, 2.24) is 15.3 Å². The highest BCUT2D eigenvalue weighted by Gasteiger charge is 2.14. The Morgan fingerprint density at radius 2 is 1.95 bits per heavy atom. The molecule has 2 rings (SSSR count). The lowest BCUT2D eigenvalue weighted by molar-refractivity contribution is 0.0937. The lowest BCUT2D eigenvalue weighted by Crippen LogP contribution is -2.37. The molecule has 4 nitrogen and oxygen atoms in total. The first-order valence-electron chi connectivity index (χ1n) is 6.67. The summed E-state index contributed by atoms with van der Waals surface area (Å²) < 4.78 is 0. The van der Waals surface area contributed by atoms with E-state index in [1.807, 2.05) is 0 Å². The SMILES string of the molecule is CC(C)CC(CCl)NC(=O)c1ccc2nccnc2c1. The first-order chi connectivity index (χ1) is 9.60. The summed E-state index contributed by atoms with van der Waals surface area (Å²) in [7, 11) is 0. The molecule has 1 unspecified atom stereocenters. The smallest absolute Gasteiger partial charge is 0.251 e. The van der Waals surface area contributed by atoms with Crippen LogP contribution < -0.4 is 5.32 Å². The molecule has 0 aliphatic carbocycles. The zero-order chi connectivity index (χ0) is 14.5. The summed E-state index contributed by atoms with van der Waals surface area (Å²) in [5, 5.41) is 2.96. The van der Waals surface area contributed by atoms with Gasteiger partial charge in [0.15, 0.2) is 0 Å². The van der Waals surface area contributed by atoms with Gasteiger partial charge in [0.25, 0.3) is 5.91 Å². The summed E-state index contributed by atoms with van der Waals surface area (Å²) in [6.07, 6.45) is 4.11. The highest BCUT2D eigenvalue weighted by molar-refractivity contribution is 6.18. The van der Waals surface area contributed by atoms with Crippen LogP contribution in [0.15, 0.2) is 30.6 Å². The lowest BCUT2D eigenvalue weighted by atomic mass is 10.0. The summed E-state index contributed by atoms with van der Waals surface area (Å²) in [5.41, 5.74) is 2.07. The number of amides is 1. The van der Waals surface area contributed by atoms with E-state index in [1.54, 1.807) is 30.6 Å². The van der Waals surface area contributed by atoms with Crippen molar-refractivity contribution in [1.29, 1.82) is 0 Å². The zero-order valence-corrected chi connectivity index (χ0v) is 12.4. The molecule has 1 aromatic heterocycles. The van der Waals surface area contributed by atoms with Crippen LogP contribution in [0.3, 0.4) is 0 Å². The minimum absolute atomic E-state index is 0.0123. The molecule has 2 aromatic rings. The monoisotopic (exact) mass is 291 g/mol. The first kappa shape index (κ1) is 14.7. The fourth-order valence-corrected chi connectivity index (χ4v) is 2.31. The maximum atomic E-state index is 12.2. The molecule has 20 heavy (non-hydrogen) atoms. The van der Waals surface area contributed by atoms with Crippen LogP contribution in [0.5, 0.6) is 0 Å². The van der Waals surface area contributed by atoms with E-state index >= 15 is 0 Å². The Labute approximate surface area is 123 Å². The number of hydrogen-bond acceptors (Lipinski definition) is 3. The second-order valence-electron chi connectivity index (χ2n) is 5.21. The summed E-state index contributed by atoms with van der Waals surface area (Å²) in [4.78, 5) is 20.6. The quantitative estimate of drug-likeness (QED) is 0.862. The van der Waals surface area contributed by atoms with Gasteiger partial charge in [0.2, 0.25) is 0 Å². The number of carbonyl (C=O) groups is 1. The summed E-state index contributed by atoms with van der Waals surface area (Å²) >= 11 is 5.90. The molecule has 0 spiro atoms. The van der Waals surface area contributed by atoms with E-state index in [1.165, 1.54) is 0 Å². The number of hydrogen-bond donors (Lipinski definition) is 1. The molecule has 1 atom stereocenters. The normalized spacial score (nSPS) is 12.6. The third-order valence-electron chi connectivity index (χ3n) is 3.01. The van der Waals surface area contributed by atoms with Gasteiger partial charge in [0.1, 0.15) is 0 Å². The van der Waals surface area contributed by atoms with Crippen molar-refractivity contribution in [2.45, 2.75) is 26.3 Å². The molecule has 0 radical (unpaired) electrons. The Morgan fingerprint density at radius 3 is 2.60 bits per heavy atom. The summed E-state index contributed by atoms with van der Waals surface area (Å²) in [5.74, 6) is 0.780. The molecular weight excluding hydrogens is 274 g/mol. The summed E-state index contributed by atoms with van der Waals surface area (Å²) in [6, 6.07) is 5.29. The Kier molecular flexibility index (Phi) is 4.90. The maximum Gasteiger partial charge on any atom is 0.251 e. The Hall–Kier alpha value is -1.68. The topological polar surface area (TPSA) is 54.9 Å². The summed E-state index contributed by atoms with van der Waals surface area (Å²) in [6.45, 7) is 4.22. The van der Waals surface area contributed by atoms with E-state index in [0.29, 0.717) is 22.9 Å². The van der Waals surface area contributed by atoms with Gasteiger partial charge < -0.3 is 5.32 Å². The van der Waals surface area contributed by atoms with Crippen LogP contribution in [0.2, 0.25) is 0 Å². The fraction of sp³-hybridized carbons (Fsp3) is 0.400. The Morgan fingerprint density at radius 1 is 1.25 bits per heavy atom. The van der Waals surface area contributed by atoms with Gasteiger partial charge in [0.05, 0.1) is 11.0 Å². The van der Waals surface area contributed by atoms with E-state index in [-0.39, 0.29) is 11.9 Å². The van der Waals surface area contributed by atoms with Gasteiger partial charge in [-0.15, -0.1) is 11.6 Å². The molecule has 1 aromatic carbocycles. The average molecular weight is 292 g/mol. The Balaban J connectivity index is 2.14. The fourth-order valence-electron chi connectivity index (χ4n) is 2.10. The molecule has 0 saturated heterocycles. The van der Waals surface area contributed by atoms with Crippen molar-refractivity contribution in [3.63, 3.8) is 0 Å². The van der Waals surface area contributed by atoms with E-state index in [4.69, 9.17) is 11.6 Å². The number of carbonyl (C=O) groups excluding carboxylic acids is 1. The van der Waals surface area contributed by atoms with E-state index < -0.39 is 0 Å². The standard InChI is InChI=1S/C15H18ClN3O/c1-10(2)7-12(9-16)19-15(20)11-3-4-13-14(8-11)18-6-5-17-13/h3-6,8,10,12H,7,9H2,1-2H3,(H,19,20). The van der Waals surface area contributed by atoms with Crippen molar-refractivity contribution in [3.05, 3.63) is 36.2 Å². The number of fused-ring (bicyclic) bond motifs is 1. The van der Waals surface area contributed by atoms with Gasteiger partial charge in [-0.25, -0.2) is 0 Å². The van der Waals surface area contributed by atoms with Crippen LogP contribution >= 0.6 is 11.6 Å². The van der Waals surface area contributed by atoms with Crippen LogP contribution in [-0.2, 0) is 0 Å². The molecule has 0 saturated carbocycles. The van der Waals surface area contributed by atoms with Crippen LogP contribution in [0, 0.1) is 5.92 Å². The molecule has 0 aliphatic heterocycles. The van der Waals surface area contributed by atoms with Gasteiger partial charge in [-0.2, -0.15) is 0 Å². The van der Waals surface area contributed by atoms with Crippen molar-refractivity contribution < 1.29 is 4.79 Å². The third-order valence-corrected chi connectivity index (χ3v) is 3.38. The van der Waals surface area contributed by atoms with Crippen LogP contribution in [0.1, 0.15) is 30.6 Å². The van der Waals surface area contributed by atoms with E-state index in [0.717, 1.165) is 11.9 Å². The largest absolute Gasteiger partial charge is 0.348 e. The van der Waals surface area contributed by atoms with Gasteiger partial charge in [0, 0.05) is 29.9 Å². The van der Waals surface area contributed by atoms with Gasteiger partial charge >= 0.3 is 0 Å². The zero-order valence-electron chi connectivity index (χ0n) is 11.6. The third kappa shape index (κ3) is 3.67. The van der Waals surface area contributed by atoms with E-state index in [2.05, 4.69) is 29.1 Å². The minimum atomic E-state index is -0.121. The number of alkyl halides is 1. The lowest BCUT2D eigenvalue weighted by Gasteiger charge is -2.18. The van der Waals surface area contributed by atoms with Crippen molar-refractivity contribution in [3.8, 4) is 0 Å². The molecule has 1 heterocycles. The van der Waals surface area contributed by atoms with Gasteiger partial charge in [-0.1, -0.05) is 13.8 Å².